The molecule has 0 fully saturated rings. The Bertz CT molecular complexity index is 899. The van der Waals surface area contributed by atoms with E-state index in [2.05, 4.69) is 23.9 Å². The molecule has 2 heterocycles. The van der Waals surface area contributed by atoms with Crippen LogP contribution in [0.3, 0.4) is 0 Å². The van der Waals surface area contributed by atoms with Gasteiger partial charge in [0.2, 0.25) is 0 Å². The highest BCUT2D eigenvalue weighted by Crippen LogP contribution is 2.24. The lowest BCUT2D eigenvalue weighted by Crippen LogP contribution is -2.30. The van der Waals surface area contributed by atoms with Crippen LogP contribution in [-0.2, 0) is 0 Å². The molecule has 3 rings (SSSR count). The Labute approximate surface area is 148 Å². The van der Waals surface area contributed by atoms with Crippen molar-refractivity contribution >= 4 is 16.9 Å². The molecule has 5 nitrogen and oxygen atoms in total. The summed E-state index contributed by atoms with van der Waals surface area (Å²) in [6, 6.07) is 12.2. The van der Waals surface area contributed by atoms with Crippen LogP contribution in [0, 0.1) is 6.92 Å². The lowest BCUT2D eigenvalue weighted by Gasteiger charge is -2.26. The van der Waals surface area contributed by atoms with Crippen LogP contribution < -0.4 is 0 Å². The molecule has 1 amide bonds. The Hall–Kier alpha value is -2.69. The summed E-state index contributed by atoms with van der Waals surface area (Å²) in [5.41, 5.74) is 3.29. The molecule has 0 bridgehead atoms. The Morgan fingerprint density at radius 3 is 2.48 bits per heavy atom. The second kappa shape index (κ2) is 6.67. The van der Waals surface area contributed by atoms with Crippen molar-refractivity contribution in [2.45, 2.75) is 39.8 Å². The van der Waals surface area contributed by atoms with Gasteiger partial charge in [0.25, 0.3) is 5.91 Å². The largest absolute Gasteiger partial charge is 0.335 e. The van der Waals surface area contributed by atoms with E-state index in [4.69, 9.17) is 0 Å². The van der Waals surface area contributed by atoms with Gasteiger partial charge >= 0.3 is 0 Å². The fourth-order valence-corrected chi connectivity index (χ4v) is 2.98. The summed E-state index contributed by atoms with van der Waals surface area (Å²) in [6.07, 6.45) is 1.78. The number of pyridine rings is 1. The van der Waals surface area contributed by atoms with Crippen LogP contribution in [0.25, 0.3) is 11.0 Å². The normalized spacial score (nSPS) is 12.6. The number of hydrogen-bond acceptors (Lipinski definition) is 3. The Morgan fingerprint density at radius 2 is 1.84 bits per heavy atom. The number of aromatic nitrogens is 3. The van der Waals surface area contributed by atoms with E-state index in [1.807, 2.05) is 62.0 Å². The summed E-state index contributed by atoms with van der Waals surface area (Å²) < 4.78 is 1.88. The monoisotopic (exact) mass is 336 g/mol. The van der Waals surface area contributed by atoms with E-state index in [0.29, 0.717) is 5.56 Å². The predicted molar refractivity (Wildman–Crippen MR) is 99.6 cm³/mol. The van der Waals surface area contributed by atoms with Gasteiger partial charge in [0.1, 0.15) is 0 Å². The van der Waals surface area contributed by atoms with Crippen molar-refractivity contribution in [2.24, 2.45) is 0 Å². The minimum Gasteiger partial charge on any atom is -0.335 e. The summed E-state index contributed by atoms with van der Waals surface area (Å²) in [5, 5.41) is 5.29. The second-order valence-electron chi connectivity index (χ2n) is 6.72. The number of benzene rings is 1. The topological polar surface area (TPSA) is 51.0 Å². The summed E-state index contributed by atoms with van der Waals surface area (Å²) in [4.78, 5) is 19.4. The fraction of sp³-hybridized carbons (Fsp3) is 0.350. The van der Waals surface area contributed by atoms with E-state index in [-0.39, 0.29) is 18.0 Å². The van der Waals surface area contributed by atoms with Crippen LogP contribution in [-0.4, -0.2) is 32.6 Å². The molecule has 25 heavy (non-hydrogen) atoms. The standard InChI is InChI=1S/C20H24N4O/c1-13(2)24-19-17(12-21-24)11-18(14(3)22-19)20(25)23(5)15(4)16-9-7-6-8-10-16/h6-13,15H,1-5H3. The number of hydrogen-bond donors (Lipinski definition) is 0. The zero-order valence-corrected chi connectivity index (χ0v) is 15.4. The number of nitrogens with zero attached hydrogens (tertiary/aromatic N) is 4. The van der Waals surface area contributed by atoms with Crippen molar-refractivity contribution in [2.75, 3.05) is 7.05 Å². The van der Waals surface area contributed by atoms with Crippen molar-refractivity contribution in [3.05, 3.63) is 59.4 Å². The Kier molecular flexibility index (Phi) is 4.57. The van der Waals surface area contributed by atoms with Gasteiger partial charge in [-0.3, -0.25) is 4.79 Å². The van der Waals surface area contributed by atoms with E-state index in [1.54, 1.807) is 11.1 Å². The van der Waals surface area contributed by atoms with Gasteiger partial charge in [0.05, 0.1) is 23.5 Å². The molecule has 0 aliphatic rings. The molecule has 3 aromatic rings. The van der Waals surface area contributed by atoms with Crippen molar-refractivity contribution in [3.63, 3.8) is 0 Å². The lowest BCUT2D eigenvalue weighted by atomic mass is 10.1. The first-order chi connectivity index (χ1) is 11.9. The number of carbonyl (C=O) groups excluding carboxylic acids is 1. The van der Waals surface area contributed by atoms with Crippen LogP contribution in [0.1, 0.15) is 54.5 Å². The van der Waals surface area contributed by atoms with E-state index >= 15 is 0 Å². The third-order valence-electron chi connectivity index (χ3n) is 4.66. The number of fused-ring (bicyclic) bond motifs is 1. The molecule has 5 heteroatoms. The second-order valence-corrected chi connectivity index (χ2v) is 6.72. The van der Waals surface area contributed by atoms with E-state index < -0.39 is 0 Å². The maximum atomic E-state index is 13.0. The highest BCUT2D eigenvalue weighted by molar-refractivity contribution is 5.98. The molecule has 0 saturated heterocycles. The van der Waals surface area contributed by atoms with Gasteiger partial charge < -0.3 is 4.90 Å². The smallest absolute Gasteiger partial charge is 0.255 e. The molecule has 0 aliphatic heterocycles. The van der Waals surface area contributed by atoms with Crippen LogP contribution in [0.15, 0.2) is 42.6 Å². The van der Waals surface area contributed by atoms with Crippen molar-refractivity contribution in [1.82, 2.24) is 19.7 Å². The van der Waals surface area contributed by atoms with Gasteiger partial charge in [-0.05, 0) is 39.3 Å². The molecule has 0 radical (unpaired) electrons. The maximum absolute atomic E-state index is 13.0. The number of rotatable bonds is 4. The average molecular weight is 336 g/mol. The molecule has 1 unspecified atom stereocenters. The third-order valence-corrected chi connectivity index (χ3v) is 4.66. The Morgan fingerprint density at radius 1 is 1.16 bits per heavy atom. The molecule has 1 aromatic carbocycles. The Balaban J connectivity index is 1.95. The number of amides is 1. The minimum absolute atomic E-state index is 0.0119. The molecular weight excluding hydrogens is 312 g/mol. The molecule has 1 atom stereocenters. The van der Waals surface area contributed by atoms with Crippen LogP contribution in [0.5, 0.6) is 0 Å². The van der Waals surface area contributed by atoms with Gasteiger partial charge in [0, 0.05) is 18.5 Å². The van der Waals surface area contributed by atoms with Crippen LogP contribution in [0.4, 0.5) is 0 Å². The number of carbonyl (C=O) groups is 1. The summed E-state index contributed by atoms with van der Waals surface area (Å²) in [7, 11) is 1.83. The van der Waals surface area contributed by atoms with Gasteiger partial charge in [-0.2, -0.15) is 5.10 Å². The van der Waals surface area contributed by atoms with Gasteiger partial charge in [-0.15, -0.1) is 0 Å². The van der Waals surface area contributed by atoms with E-state index in [9.17, 15) is 4.79 Å². The zero-order valence-electron chi connectivity index (χ0n) is 15.4. The lowest BCUT2D eigenvalue weighted by molar-refractivity contribution is 0.0741. The fourth-order valence-electron chi connectivity index (χ4n) is 2.98. The van der Waals surface area contributed by atoms with Crippen molar-refractivity contribution < 1.29 is 4.79 Å². The third kappa shape index (κ3) is 3.14. The summed E-state index contributed by atoms with van der Waals surface area (Å²) in [6.45, 7) is 8.05. The first-order valence-electron chi connectivity index (χ1n) is 8.57. The molecular formula is C20H24N4O. The molecule has 0 spiro atoms. The molecule has 2 aromatic heterocycles. The van der Waals surface area contributed by atoms with E-state index in [0.717, 1.165) is 22.3 Å². The first kappa shape index (κ1) is 17.1. The summed E-state index contributed by atoms with van der Waals surface area (Å²) in [5.74, 6) is -0.0273. The van der Waals surface area contributed by atoms with Crippen LogP contribution in [0.2, 0.25) is 0 Å². The van der Waals surface area contributed by atoms with E-state index in [1.165, 1.54) is 0 Å². The summed E-state index contributed by atoms with van der Waals surface area (Å²) >= 11 is 0. The average Bonchev–Trinajstić information content (AvgIpc) is 3.02. The predicted octanol–water partition coefficient (Wildman–Crippen LogP) is 4.15. The molecule has 130 valence electrons. The number of aryl methyl sites for hydroxylation is 1. The highest BCUT2D eigenvalue weighted by atomic mass is 16.2. The highest BCUT2D eigenvalue weighted by Gasteiger charge is 2.22. The SMILES string of the molecule is Cc1nc2c(cnn2C(C)C)cc1C(=O)N(C)C(C)c1ccccc1. The molecule has 0 saturated carbocycles. The van der Waals surface area contributed by atoms with Gasteiger partial charge in [0.15, 0.2) is 5.65 Å². The van der Waals surface area contributed by atoms with Gasteiger partial charge in [-0.25, -0.2) is 9.67 Å². The molecule has 0 N–H and O–H groups in total. The quantitative estimate of drug-likeness (QED) is 0.719. The minimum atomic E-state index is -0.0273. The molecule has 0 aliphatic carbocycles. The maximum Gasteiger partial charge on any atom is 0.255 e. The first-order valence-corrected chi connectivity index (χ1v) is 8.57. The van der Waals surface area contributed by atoms with Gasteiger partial charge in [-0.1, -0.05) is 30.3 Å². The van der Waals surface area contributed by atoms with Crippen molar-refractivity contribution in [1.29, 1.82) is 0 Å². The van der Waals surface area contributed by atoms with Crippen LogP contribution >= 0.6 is 0 Å². The van der Waals surface area contributed by atoms with Crippen molar-refractivity contribution in [3.8, 4) is 0 Å². The zero-order chi connectivity index (χ0) is 18.1.